The zero-order valence-corrected chi connectivity index (χ0v) is 9.91. The lowest BCUT2D eigenvalue weighted by molar-refractivity contribution is 0.0702. The third-order valence-electron chi connectivity index (χ3n) is 2.97. The molecule has 1 aromatic carbocycles. The Balaban J connectivity index is 2.38. The van der Waals surface area contributed by atoms with Crippen molar-refractivity contribution >= 4 is 11.6 Å². The van der Waals surface area contributed by atoms with Gasteiger partial charge in [-0.05, 0) is 18.6 Å². The summed E-state index contributed by atoms with van der Waals surface area (Å²) >= 11 is 6.17. The van der Waals surface area contributed by atoms with Crippen LogP contribution in [0.3, 0.4) is 0 Å². The van der Waals surface area contributed by atoms with E-state index < -0.39 is 0 Å². The second kappa shape index (κ2) is 5.04. The van der Waals surface area contributed by atoms with E-state index in [1.54, 1.807) is 7.11 Å². The summed E-state index contributed by atoms with van der Waals surface area (Å²) in [5, 5.41) is 9.92. The first-order valence-corrected chi connectivity index (χ1v) is 5.70. The molecule has 0 radical (unpaired) electrons. The molecule has 0 aromatic heterocycles. The van der Waals surface area contributed by atoms with Gasteiger partial charge >= 0.3 is 0 Å². The van der Waals surface area contributed by atoms with Crippen LogP contribution in [0.4, 0.5) is 0 Å². The van der Waals surface area contributed by atoms with Crippen molar-refractivity contribution in [1.82, 2.24) is 0 Å². The molecule has 0 spiro atoms. The summed E-state index contributed by atoms with van der Waals surface area (Å²) in [4.78, 5) is 0. The van der Waals surface area contributed by atoms with Crippen molar-refractivity contribution in [2.45, 2.75) is 12.5 Å². The molecular weight excluding hydrogens is 228 g/mol. The molecular formula is C12H15ClO3. The van der Waals surface area contributed by atoms with Crippen molar-refractivity contribution in [2.24, 2.45) is 5.92 Å². The van der Waals surface area contributed by atoms with E-state index in [2.05, 4.69) is 0 Å². The predicted molar refractivity (Wildman–Crippen MR) is 61.9 cm³/mol. The number of methoxy groups -OCH3 is 1. The molecule has 88 valence electrons. The first kappa shape index (κ1) is 11.7. The van der Waals surface area contributed by atoms with Gasteiger partial charge < -0.3 is 14.6 Å². The molecule has 0 saturated carbocycles. The molecule has 2 atom stereocenters. The zero-order valence-electron chi connectivity index (χ0n) is 9.15. The number of ether oxygens (including phenoxy) is 2. The van der Waals surface area contributed by atoms with Gasteiger partial charge in [-0.15, -0.1) is 0 Å². The first-order chi connectivity index (χ1) is 7.77. The van der Waals surface area contributed by atoms with Gasteiger partial charge in [-0.3, -0.25) is 0 Å². The Morgan fingerprint density at radius 1 is 1.56 bits per heavy atom. The molecule has 0 amide bonds. The van der Waals surface area contributed by atoms with E-state index >= 15 is 0 Å². The third-order valence-corrected chi connectivity index (χ3v) is 3.30. The highest BCUT2D eigenvalue weighted by atomic mass is 35.5. The lowest BCUT2D eigenvalue weighted by atomic mass is 9.95. The normalized spacial score (nSPS) is 24.7. The lowest BCUT2D eigenvalue weighted by Crippen LogP contribution is -2.13. The Labute approximate surface area is 99.9 Å². The van der Waals surface area contributed by atoms with Crippen LogP contribution in [0.15, 0.2) is 18.2 Å². The molecule has 4 heteroatoms. The molecule has 1 saturated heterocycles. The van der Waals surface area contributed by atoms with Gasteiger partial charge in [0.25, 0.3) is 0 Å². The minimum Gasteiger partial charge on any atom is -0.496 e. The average Bonchev–Trinajstić information content (AvgIpc) is 2.76. The topological polar surface area (TPSA) is 38.7 Å². The molecule has 1 fully saturated rings. The van der Waals surface area contributed by atoms with E-state index in [1.165, 1.54) is 0 Å². The third kappa shape index (κ3) is 2.03. The maximum atomic E-state index is 9.29. The van der Waals surface area contributed by atoms with Crippen LogP contribution in [0.2, 0.25) is 5.02 Å². The molecule has 0 aliphatic carbocycles. The highest BCUT2D eigenvalue weighted by Gasteiger charge is 2.32. The first-order valence-electron chi connectivity index (χ1n) is 5.32. The fourth-order valence-electron chi connectivity index (χ4n) is 2.11. The maximum absolute atomic E-state index is 9.29. The van der Waals surface area contributed by atoms with Crippen LogP contribution in [0.1, 0.15) is 18.1 Å². The Kier molecular flexibility index (Phi) is 3.69. The summed E-state index contributed by atoms with van der Waals surface area (Å²) < 4.78 is 10.9. The smallest absolute Gasteiger partial charge is 0.126 e. The molecule has 2 rings (SSSR count). The van der Waals surface area contributed by atoms with Crippen molar-refractivity contribution in [2.75, 3.05) is 20.3 Å². The van der Waals surface area contributed by atoms with Gasteiger partial charge in [0.2, 0.25) is 0 Å². The second-order valence-corrected chi connectivity index (χ2v) is 4.29. The van der Waals surface area contributed by atoms with Gasteiger partial charge in [-0.2, -0.15) is 0 Å². The Morgan fingerprint density at radius 2 is 2.38 bits per heavy atom. The van der Waals surface area contributed by atoms with Crippen LogP contribution >= 0.6 is 11.6 Å². The van der Waals surface area contributed by atoms with Crippen molar-refractivity contribution in [3.63, 3.8) is 0 Å². The van der Waals surface area contributed by atoms with Crippen molar-refractivity contribution < 1.29 is 14.6 Å². The molecule has 1 heterocycles. The van der Waals surface area contributed by atoms with Gasteiger partial charge in [0, 0.05) is 24.7 Å². The maximum Gasteiger partial charge on any atom is 0.126 e. The zero-order chi connectivity index (χ0) is 11.5. The minimum atomic E-state index is -0.159. The van der Waals surface area contributed by atoms with Crippen LogP contribution in [-0.2, 0) is 4.74 Å². The van der Waals surface area contributed by atoms with Crippen LogP contribution < -0.4 is 4.74 Å². The van der Waals surface area contributed by atoms with E-state index in [0.717, 1.165) is 17.7 Å². The van der Waals surface area contributed by atoms with Crippen molar-refractivity contribution in [1.29, 1.82) is 0 Å². The quantitative estimate of drug-likeness (QED) is 0.885. The highest BCUT2D eigenvalue weighted by Crippen LogP contribution is 2.42. The number of aliphatic hydroxyl groups excluding tert-OH is 1. The highest BCUT2D eigenvalue weighted by molar-refractivity contribution is 6.31. The molecule has 1 N–H and O–H groups in total. The summed E-state index contributed by atoms with van der Waals surface area (Å²) in [5.74, 6) is 0.826. The van der Waals surface area contributed by atoms with Gasteiger partial charge in [0.05, 0.1) is 18.2 Å². The van der Waals surface area contributed by atoms with Crippen LogP contribution in [0.5, 0.6) is 5.75 Å². The van der Waals surface area contributed by atoms with Gasteiger partial charge in [0.1, 0.15) is 5.75 Å². The molecule has 1 aromatic rings. The average molecular weight is 243 g/mol. The fraction of sp³-hybridized carbons (Fsp3) is 0.500. The number of aliphatic hydroxyl groups is 1. The van der Waals surface area contributed by atoms with Crippen molar-refractivity contribution in [3.05, 3.63) is 28.8 Å². The van der Waals surface area contributed by atoms with Gasteiger partial charge in [-0.25, -0.2) is 0 Å². The standard InChI is InChI=1S/C12H15ClO3/c1-15-10-4-2-3-9(13)11(10)12-8(7-14)5-6-16-12/h2-4,8,12,14H,5-7H2,1H3. The van der Waals surface area contributed by atoms with E-state index in [0.29, 0.717) is 11.6 Å². The molecule has 16 heavy (non-hydrogen) atoms. The Bertz CT molecular complexity index is 367. The Morgan fingerprint density at radius 3 is 3.06 bits per heavy atom. The summed E-state index contributed by atoms with van der Waals surface area (Å²) in [6.45, 7) is 0.767. The summed E-state index contributed by atoms with van der Waals surface area (Å²) in [6.07, 6.45) is 0.698. The SMILES string of the molecule is COc1cccc(Cl)c1C1OCCC1CO. The molecule has 3 nitrogen and oxygen atoms in total. The molecule has 0 bridgehead atoms. The molecule has 1 aliphatic heterocycles. The lowest BCUT2D eigenvalue weighted by Gasteiger charge is -2.20. The monoisotopic (exact) mass is 242 g/mol. The molecule has 1 aliphatic rings. The van der Waals surface area contributed by atoms with Crippen LogP contribution in [0.25, 0.3) is 0 Å². The number of benzene rings is 1. The number of rotatable bonds is 3. The van der Waals surface area contributed by atoms with Crippen molar-refractivity contribution in [3.8, 4) is 5.75 Å². The summed E-state index contributed by atoms with van der Waals surface area (Å²) in [6, 6.07) is 5.51. The number of hydrogen-bond acceptors (Lipinski definition) is 3. The number of hydrogen-bond donors (Lipinski definition) is 1. The summed E-state index contributed by atoms with van der Waals surface area (Å²) in [5.41, 5.74) is 0.850. The summed E-state index contributed by atoms with van der Waals surface area (Å²) in [7, 11) is 1.61. The van der Waals surface area contributed by atoms with Crippen LogP contribution in [-0.4, -0.2) is 25.4 Å². The van der Waals surface area contributed by atoms with E-state index in [1.807, 2.05) is 18.2 Å². The minimum absolute atomic E-state index is 0.105. The number of halogens is 1. The van der Waals surface area contributed by atoms with E-state index in [9.17, 15) is 5.11 Å². The second-order valence-electron chi connectivity index (χ2n) is 3.88. The fourth-order valence-corrected chi connectivity index (χ4v) is 2.38. The van der Waals surface area contributed by atoms with Crippen LogP contribution in [0, 0.1) is 5.92 Å². The Hall–Kier alpha value is -0.770. The van der Waals surface area contributed by atoms with Gasteiger partial charge in [-0.1, -0.05) is 17.7 Å². The largest absolute Gasteiger partial charge is 0.496 e. The van der Waals surface area contributed by atoms with E-state index in [-0.39, 0.29) is 18.6 Å². The van der Waals surface area contributed by atoms with Gasteiger partial charge in [0.15, 0.2) is 0 Å². The predicted octanol–water partition coefficient (Wildman–Crippen LogP) is 2.42. The molecule has 2 unspecified atom stereocenters. The van der Waals surface area contributed by atoms with E-state index in [4.69, 9.17) is 21.1 Å².